The van der Waals surface area contributed by atoms with Gasteiger partial charge in [0, 0.05) is 13.7 Å². The van der Waals surface area contributed by atoms with E-state index in [1.54, 1.807) is 7.11 Å². The molecule has 93 valence electrons. The molecule has 0 saturated carbocycles. The van der Waals surface area contributed by atoms with Crippen LogP contribution in [0.4, 0.5) is 0 Å². The van der Waals surface area contributed by atoms with Gasteiger partial charge in [0.2, 0.25) is 0 Å². The summed E-state index contributed by atoms with van der Waals surface area (Å²) < 4.78 is 5.26. The molecule has 2 nitrogen and oxygen atoms in total. The second kappa shape index (κ2) is 6.77. The van der Waals surface area contributed by atoms with Crippen molar-refractivity contribution in [3.63, 3.8) is 0 Å². The normalized spacial score (nSPS) is 19.1. The molecule has 1 atom stereocenters. The first kappa shape index (κ1) is 12.6. The average Bonchev–Trinajstić information content (AvgIpc) is 2.42. The third-order valence-electron chi connectivity index (χ3n) is 3.76. The fourth-order valence-electron chi connectivity index (χ4n) is 2.81. The second-order valence-electron chi connectivity index (χ2n) is 4.81. The number of rotatable bonds is 5. The zero-order chi connectivity index (χ0) is 11.9. The van der Waals surface area contributed by atoms with Gasteiger partial charge in [0.1, 0.15) is 0 Å². The molecule has 1 unspecified atom stereocenters. The van der Waals surface area contributed by atoms with Crippen molar-refractivity contribution in [2.24, 2.45) is 5.92 Å². The Morgan fingerprint density at radius 2 is 2.06 bits per heavy atom. The monoisotopic (exact) mass is 232 g/mol. The number of methoxy groups -OCH3 is 1. The molecule has 1 heterocycles. The van der Waals surface area contributed by atoms with Crippen LogP contribution in [-0.2, 0) is 4.74 Å². The van der Waals surface area contributed by atoms with E-state index < -0.39 is 0 Å². The van der Waals surface area contributed by atoms with Crippen molar-refractivity contribution in [3.05, 3.63) is 35.9 Å². The highest BCUT2D eigenvalue weighted by Crippen LogP contribution is 2.33. The molecule has 0 spiro atoms. The standard InChI is InChI=1S/C15H22NO/c1-17-12-9-15(13-5-3-2-4-6-13)14-7-10-16-11-8-14/h3-6,14-16H,7-12H2,1H3. The SMILES string of the molecule is COCCC(c1cc[c]cc1)C1CCNCC1. The van der Waals surface area contributed by atoms with Gasteiger partial charge in [-0.3, -0.25) is 0 Å². The van der Waals surface area contributed by atoms with Crippen molar-refractivity contribution in [2.45, 2.75) is 25.2 Å². The average molecular weight is 232 g/mol. The van der Waals surface area contributed by atoms with Gasteiger partial charge in [-0.1, -0.05) is 24.3 Å². The molecule has 0 amide bonds. The lowest BCUT2D eigenvalue weighted by Gasteiger charge is -2.31. The van der Waals surface area contributed by atoms with E-state index >= 15 is 0 Å². The lowest BCUT2D eigenvalue weighted by Crippen LogP contribution is -2.31. The Labute approximate surface area is 104 Å². The van der Waals surface area contributed by atoms with Gasteiger partial charge in [-0.05, 0) is 55.8 Å². The summed E-state index contributed by atoms with van der Waals surface area (Å²) in [6.07, 6.45) is 3.70. The van der Waals surface area contributed by atoms with E-state index in [-0.39, 0.29) is 0 Å². The van der Waals surface area contributed by atoms with E-state index in [4.69, 9.17) is 4.74 Å². The lowest BCUT2D eigenvalue weighted by molar-refractivity contribution is 0.171. The molecule has 1 aliphatic rings. The second-order valence-corrected chi connectivity index (χ2v) is 4.81. The van der Waals surface area contributed by atoms with E-state index in [1.807, 2.05) is 12.1 Å². The zero-order valence-electron chi connectivity index (χ0n) is 10.6. The molecule has 2 rings (SSSR count). The largest absolute Gasteiger partial charge is 0.385 e. The number of piperidine rings is 1. The van der Waals surface area contributed by atoms with E-state index in [9.17, 15) is 0 Å². The molecule has 1 radical (unpaired) electrons. The van der Waals surface area contributed by atoms with Crippen molar-refractivity contribution in [2.75, 3.05) is 26.8 Å². The Kier molecular flexibility index (Phi) is 5.02. The number of ether oxygens (including phenoxy) is 1. The number of nitrogens with one attached hydrogen (secondary N) is 1. The Morgan fingerprint density at radius 3 is 2.71 bits per heavy atom. The van der Waals surface area contributed by atoms with Crippen molar-refractivity contribution in [1.82, 2.24) is 5.32 Å². The minimum atomic E-state index is 0.645. The molecular formula is C15H22NO. The Hall–Kier alpha value is -0.860. The molecule has 0 bridgehead atoms. The maximum absolute atomic E-state index is 5.26. The molecule has 1 aromatic rings. The Bertz CT molecular complexity index is 306. The van der Waals surface area contributed by atoms with Gasteiger partial charge in [0.15, 0.2) is 0 Å². The predicted molar refractivity (Wildman–Crippen MR) is 70.1 cm³/mol. The first-order valence-electron chi connectivity index (χ1n) is 6.57. The number of hydrogen-bond donors (Lipinski definition) is 1. The van der Waals surface area contributed by atoms with Gasteiger partial charge >= 0.3 is 0 Å². The highest BCUT2D eigenvalue weighted by Gasteiger charge is 2.24. The van der Waals surface area contributed by atoms with Crippen LogP contribution in [0.15, 0.2) is 24.3 Å². The Morgan fingerprint density at radius 1 is 1.35 bits per heavy atom. The molecule has 1 fully saturated rings. The first-order chi connectivity index (χ1) is 8.42. The van der Waals surface area contributed by atoms with Gasteiger partial charge in [-0.2, -0.15) is 0 Å². The van der Waals surface area contributed by atoms with Crippen molar-refractivity contribution >= 4 is 0 Å². The third-order valence-corrected chi connectivity index (χ3v) is 3.76. The van der Waals surface area contributed by atoms with Crippen LogP contribution >= 0.6 is 0 Å². The van der Waals surface area contributed by atoms with E-state index in [0.717, 1.165) is 32.0 Å². The zero-order valence-corrected chi connectivity index (χ0v) is 10.6. The van der Waals surface area contributed by atoms with Crippen LogP contribution in [0.5, 0.6) is 0 Å². The minimum Gasteiger partial charge on any atom is -0.385 e. The molecule has 1 saturated heterocycles. The smallest absolute Gasteiger partial charge is 0.0468 e. The summed E-state index contributed by atoms with van der Waals surface area (Å²) in [5, 5.41) is 3.44. The van der Waals surface area contributed by atoms with Crippen LogP contribution in [0.3, 0.4) is 0 Å². The van der Waals surface area contributed by atoms with Crippen LogP contribution in [-0.4, -0.2) is 26.8 Å². The van der Waals surface area contributed by atoms with Crippen LogP contribution in [0, 0.1) is 12.0 Å². The third kappa shape index (κ3) is 3.55. The first-order valence-corrected chi connectivity index (χ1v) is 6.57. The molecule has 0 aliphatic carbocycles. The summed E-state index contributed by atoms with van der Waals surface area (Å²) in [6, 6.07) is 11.6. The molecule has 17 heavy (non-hydrogen) atoms. The summed E-state index contributed by atoms with van der Waals surface area (Å²) in [7, 11) is 1.79. The maximum Gasteiger partial charge on any atom is 0.0468 e. The van der Waals surface area contributed by atoms with Gasteiger partial charge in [-0.15, -0.1) is 0 Å². The van der Waals surface area contributed by atoms with Crippen molar-refractivity contribution in [1.29, 1.82) is 0 Å². The van der Waals surface area contributed by atoms with Gasteiger partial charge < -0.3 is 10.1 Å². The molecule has 0 aromatic heterocycles. The van der Waals surface area contributed by atoms with Crippen LogP contribution in [0.1, 0.15) is 30.7 Å². The molecular weight excluding hydrogens is 210 g/mol. The Balaban J connectivity index is 2.06. The van der Waals surface area contributed by atoms with Gasteiger partial charge in [-0.25, -0.2) is 0 Å². The van der Waals surface area contributed by atoms with Gasteiger partial charge in [0.05, 0.1) is 0 Å². The number of benzene rings is 1. The lowest BCUT2D eigenvalue weighted by atomic mass is 9.79. The fraction of sp³-hybridized carbons (Fsp3) is 0.600. The van der Waals surface area contributed by atoms with Crippen LogP contribution in [0.25, 0.3) is 0 Å². The van der Waals surface area contributed by atoms with Crippen LogP contribution in [0.2, 0.25) is 0 Å². The van der Waals surface area contributed by atoms with Gasteiger partial charge in [0.25, 0.3) is 0 Å². The molecule has 2 heteroatoms. The van der Waals surface area contributed by atoms with E-state index in [2.05, 4.69) is 23.5 Å². The quantitative estimate of drug-likeness (QED) is 0.842. The van der Waals surface area contributed by atoms with E-state index in [0.29, 0.717) is 5.92 Å². The fourth-order valence-corrected chi connectivity index (χ4v) is 2.81. The predicted octanol–water partition coefficient (Wildman–Crippen LogP) is 2.61. The minimum absolute atomic E-state index is 0.645. The summed E-state index contributed by atoms with van der Waals surface area (Å²) in [6.45, 7) is 3.17. The highest BCUT2D eigenvalue weighted by molar-refractivity contribution is 5.20. The van der Waals surface area contributed by atoms with Crippen molar-refractivity contribution < 1.29 is 4.74 Å². The topological polar surface area (TPSA) is 21.3 Å². The van der Waals surface area contributed by atoms with E-state index in [1.165, 1.54) is 18.4 Å². The summed E-state index contributed by atoms with van der Waals surface area (Å²) in [5.74, 6) is 1.44. The van der Waals surface area contributed by atoms with Crippen LogP contribution < -0.4 is 5.32 Å². The number of hydrogen-bond acceptors (Lipinski definition) is 2. The molecule has 1 N–H and O–H groups in total. The summed E-state index contributed by atoms with van der Waals surface area (Å²) in [5.41, 5.74) is 1.45. The summed E-state index contributed by atoms with van der Waals surface area (Å²) in [4.78, 5) is 0. The highest BCUT2D eigenvalue weighted by atomic mass is 16.5. The van der Waals surface area contributed by atoms with Crippen molar-refractivity contribution in [3.8, 4) is 0 Å². The maximum atomic E-state index is 5.26. The molecule has 1 aromatic carbocycles. The summed E-state index contributed by atoms with van der Waals surface area (Å²) >= 11 is 0. The molecule has 1 aliphatic heterocycles.